The van der Waals surface area contributed by atoms with Crippen molar-refractivity contribution in [1.29, 1.82) is 0 Å². The molecule has 0 aliphatic carbocycles. The Balaban J connectivity index is 1.58. The van der Waals surface area contributed by atoms with Gasteiger partial charge in [-0.2, -0.15) is 0 Å². The predicted molar refractivity (Wildman–Crippen MR) is 112 cm³/mol. The van der Waals surface area contributed by atoms with Gasteiger partial charge in [0.1, 0.15) is 5.69 Å². The van der Waals surface area contributed by atoms with Crippen LogP contribution in [0, 0.1) is 6.92 Å². The molecule has 3 rings (SSSR count). The van der Waals surface area contributed by atoms with Gasteiger partial charge in [-0.15, -0.1) is 0 Å². The molecule has 0 aliphatic heterocycles. The van der Waals surface area contributed by atoms with E-state index >= 15 is 0 Å². The number of carbonyl (C=O) groups is 2. The average molecular weight is 392 g/mol. The lowest BCUT2D eigenvalue weighted by Gasteiger charge is -2.07. The fourth-order valence-electron chi connectivity index (χ4n) is 3.07. The smallest absolute Gasteiger partial charge is 0.295 e. The van der Waals surface area contributed by atoms with Crippen LogP contribution in [0.25, 0.3) is 5.69 Å². The zero-order valence-corrected chi connectivity index (χ0v) is 16.5. The molecule has 0 bridgehead atoms. The summed E-state index contributed by atoms with van der Waals surface area (Å²) in [7, 11) is 1.77. The number of para-hydroxylation sites is 1. The standard InChI is InChI=1S/C22H24N4O3/c1-16-21(22(29)26(25(16)2)18-11-7-4-8-12-18)24-19(27)13-14-23-20(28)15-17-9-5-3-6-10-17/h3-12H,13-15H2,1-2H3,(H,23,28)(H,24,27). The zero-order chi connectivity index (χ0) is 20.8. The van der Waals surface area contributed by atoms with E-state index in [1.54, 1.807) is 18.7 Å². The molecule has 1 heterocycles. The van der Waals surface area contributed by atoms with Gasteiger partial charge in [-0.05, 0) is 24.6 Å². The summed E-state index contributed by atoms with van der Waals surface area (Å²) < 4.78 is 3.21. The van der Waals surface area contributed by atoms with E-state index in [1.165, 1.54) is 4.68 Å². The summed E-state index contributed by atoms with van der Waals surface area (Å²) >= 11 is 0. The summed E-state index contributed by atoms with van der Waals surface area (Å²) in [6, 6.07) is 18.6. The highest BCUT2D eigenvalue weighted by atomic mass is 16.2. The fourth-order valence-corrected chi connectivity index (χ4v) is 3.07. The Labute approximate surface area is 169 Å². The van der Waals surface area contributed by atoms with Crippen molar-refractivity contribution >= 4 is 17.5 Å². The second-order valence-electron chi connectivity index (χ2n) is 6.75. The zero-order valence-electron chi connectivity index (χ0n) is 16.5. The molecule has 0 atom stereocenters. The van der Waals surface area contributed by atoms with E-state index in [1.807, 2.05) is 60.7 Å². The van der Waals surface area contributed by atoms with Crippen LogP contribution in [0.5, 0.6) is 0 Å². The Morgan fingerprint density at radius 3 is 2.21 bits per heavy atom. The molecular weight excluding hydrogens is 368 g/mol. The number of hydrogen-bond acceptors (Lipinski definition) is 3. The SMILES string of the molecule is Cc1c(NC(=O)CCNC(=O)Cc2ccccc2)c(=O)n(-c2ccccc2)n1C. The van der Waals surface area contributed by atoms with Crippen LogP contribution in [0.3, 0.4) is 0 Å². The summed E-state index contributed by atoms with van der Waals surface area (Å²) in [5, 5.41) is 5.42. The van der Waals surface area contributed by atoms with Crippen LogP contribution in [0.2, 0.25) is 0 Å². The van der Waals surface area contributed by atoms with Crippen LogP contribution in [0.4, 0.5) is 5.69 Å². The van der Waals surface area contributed by atoms with Crippen molar-refractivity contribution in [2.24, 2.45) is 7.05 Å². The van der Waals surface area contributed by atoms with Crippen molar-refractivity contribution in [3.05, 3.63) is 82.3 Å². The van der Waals surface area contributed by atoms with Crippen LogP contribution in [0.1, 0.15) is 17.7 Å². The molecule has 7 heteroatoms. The minimum absolute atomic E-state index is 0.0830. The molecule has 0 saturated heterocycles. The van der Waals surface area contributed by atoms with Crippen molar-refractivity contribution in [3.63, 3.8) is 0 Å². The van der Waals surface area contributed by atoms with E-state index in [2.05, 4.69) is 10.6 Å². The number of benzene rings is 2. The van der Waals surface area contributed by atoms with Gasteiger partial charge in [0, 0.05) is 20.0 Å². The van der Waals surface area contributed by atoms with Crippen molar-refractivity contribution < 1.29 is 9.59 Å². The molecular formula is C22H24N4O3. The first-order chi connectivity index (χ1) is 14.0. The number of amides is 2. The molecule has 0 spiro atoms. The van der Waals surface area contributed by atoms with Crippen LogP contribution in [-0.4, -0.2) is 27.7 Å². The molecule has 0 saturated carbocycles. The first kappa shape index (κ1) is 20.1. The van der Waals surface area contributed by atoms with Crippen LogP contribution < -0.4 is 16.2 Å². The predicted octanol–water partition coefficient (Wildman–Crippen LogP) is 2.17. The lowest BCUT2D eigenvalue weighted by molar-refractivity contribution is -0.120. The second kappa shape index (κ2) is 9.05. The fraction of sp³-hybridized carbons (Fsp3) is 0.227. The molecule has 0 aliphatic rings. The number of aromatic nitrogens is 2. The van der Waals surface area contributed by atoms with Gasteiger partial charge in [0.2, 0.25) is 11.8 Å². The van der Waals surface area contributed by atoms with E-state index < -0.39 is 0 Å². The summed E-state index contributed by atoms with van der Waals surface area (Å²) in [4.78, 5) is 37.0. The van der Waals surface area contributed by atoms with Crippen molar-refractivity contribution in [2.75, 3.05) is 11.9 Å². The van der Waals surface area contributed by atoms with Crippen molar-refractivity contribution in [1.82, 2.24) is 14.7 Å². The van der Waals surface area contributed by atoms with Gasteiger partial charge in [0.15, 0.2) is 0 Å². The maximum atomic E-state index is 12.8. The summed E-state index contributed by atoms with van der Waals surface area (Å²) in [5.41, 5.74) is 2.24. The highest BCUT2D eigenvalue weighted by molar-refractivity contribution is 5.91. The lowest BCUT2D eigenvalue weighted by Crippen LogP contribution is -2.29. The number of anilines is 1. The molecule has 3 aromatic rings. The van der Waals surface area contributed by atoms with Crippen molar-refractivity contribution in [3.8, 4) is 5.69 Å². The minimum Gasteiger partial charge on any atom is -0.355 e. The van der Waals surface area contributed by atoms with Gasteiger partial charge in [-0.1, -0.05) is 48.5 Å². The molecule has 29 heavy (non-hydrogen) atoms. The largest absolute Gasteiger partial charge is 0.355 e. The molecule has 0 radical (unpaired) electrons. The quantitative estimate of drug-likeness (QED) is 0.646. The van der Waals surface area contributed by atoms with Gasteiger partial charge >= 0.3 is 0 Å². The number of rotatable bonds is 7. The maximum absolute atomic E-state index is 12.8. The summed E-state index contributed by atoms with van der Waals surface area (Å²) in [6.07, 6.45) is 0.349. The first-order valence-corrected chi connectivity index (χ1v) is 9.42. The third kappa shape index (κ3) is 4.82. The van der Waals surface area contributed by atoms with E-state index in [9.17, 15) is 14.4 Å². The Hall–Kier alpha value is -3.61. The molecule has 1 aromatic heterocycles. The average Bonchev–Trinajstić information content (AvgIpc) is 2.92. The van der Waals surface area contributed by atoms with E-state index in [4.69, 9.17) is 0 Å². The third-order valence-electron chi connectivity index (χ3n) is 4.70. The molecule has 150 valence electrons. The van der Waals surface area contributed by atoms with Gasteiger partial charge in [-0.3, -0.25) is 19.1 Å². The monoisotopic (exact) mass is 392 g/mol. The topological polar surface area (TPSA) is 85.1 Å². The van der Waals surface area contributed by atoms with Crippen LogP contribution >= 0.6 is 0 Å². The van der Waals surface area contributed by atoms with Gasteiger partial charge in [0.05, 0.1) is 17.8 Å². The lowest BCUT2D eigenvalue weighted by atomic mass is 10.1. The number of nitrogens with one attached hydrogen (secondary N) is 2. The highest BCUT2D eigenvalue weighted by Gasteiger charge is 2.18. The number of carbonyl (C=O) groups excluding carboxylic acids is 2. The molecule has 2 amide bonds. The molecule has 0 unspecified atom stereocenters. The maximum Gasteiger partial charge on any atom is 0.295 e. The Bertz CT molecular complexity index is 1050. The van der Waals surface area contributed by atoms with E-state index in [0.29, 0.717) is 5.69 Å². The van der Waals surface area contributed by atoms with Gasteiger partial charge in [-0.25, -0.2) is 4.68 Å². The normalized spacial score (nSPS) is 10.6. The number of nitrogens with zero attached hydrogens (tertiary/aromatic N) is 2. The Morgan fingerprint density at radius 1 is 0.931 bits per heavy atom. The Kier molecular flexibility index (Phi) is 6.29. The highest BCUT2D eigenvalue weighted by Crippen LogP contribution is 2.14. The minimum atomic E-state index is -0.323. The van der Waals surface area contributed by atoms with E-state index in [0.717, 1.165) is 11.3 Å². The van der Waals surface area contributed by atoms with Crippen molar-refractivity contribution in [2.45, 2.75) is 19.8 Å². The molecule has 2 aromatic carbocycles. The molecule has 0 fully saturated rings. The number of hydrogen-bond donors (Lipinski definition) is 2. The third-order valence-corrected chi connectivity index (χ3v) is 4.70. The van der Waals surface area contributed by atoms with Gasteiger partial charge < -0.3 is 10.6 Å². The van der Waals surface area contributed by atoms with E-state index in [-0.39, 0.29) is 42.4 Å². The molecule has 2 N–H and O–H groups in total. The second-order valence-corrected chi connectivity index (χ2v) is 6.75. The van der Waals surface area contributed by atoms with Crippen LogP contribution in [0.15, 0.2) is 65.5 Å². The summed E-state index contributed by atoms with van der Waals surface area (Å²) in [6.45, 7) is 1.98. The first-order valence-electron chi connectivity index (χ1n) is 9.42. The summed E-state index contributed by atoms with van der Waals surface area (Å²) in [5.74, 6) is -0.470. The molecule has 7 nitrogen and oxygen atoms in total. The Morgan fingerprint density at radius 2 is 1.55 bits per heavy atom. The van der Waals surface area contributed by atoms with Crippen LogP contribution in [-0.2, 0) is 23.1 Å². The van der Waals surface area contributed by atoms with Gasteiger partial charge in [0.25, 0.3) is 5.56 Å².